The molecule has 0 aromatic heterocycles. The fourth-order valence-electron chi connectivity index (χ4n) is 0. The van der Waals surface area contributed by atoms with E-state index in [0.717, 1.165) is 12.1 Å². The van der Waals surface area contributed by atoms with Gasteiger partial charge in [0.1, 0.15) is 0 Å². The van der Waals surface area contributed by atoms with Crippen LogP contribution in [0.3, 0.4) is 0 Å². The predicted octanol–water partition coefficient (Wildman–Crippen LogP) is 2.32. The van der Waals surface area contributed by atoms with Gasteiger partial charge in [-0.3, -0.25) is 0 Å². The van der Waals surface area contributed by atoms with Gasteiger partial charge in [-0.2, -0.15) is 0 Å². The minimum Gasteiger partial charge on any atom is -0.392 e. The summed E-state index contributed by atoms with van der Waals surface area (Å²) in [6.07, 6.45) is 2.96. The summed E-state index contributed by atoms with van der Waals surface area (Å²) >= 11 is 0. The second kappa shape index (κ2) is 10.3. The second-order valence-corrected chi connectivity index (χ2v) is 1.73. The molecule has 0 radical (unpaired) electrons. The highest BCUT2D eigenvalue weighted by atomic mass is 14.8. The van der Waals surface area contributed by atoms with E-state index < -0.39 is 0 Å². The summed E-state index contributed by atoms with van der Waals surface area (Å²) in [5.41, 5.74) is 1.00. The third-order valence-corrected chi connectivity index (χ3v) is 0.715. The molecule has 0 aromatic carbocycles. The largest absolute Gasteiger partial charge is 0.392 e. The summed E-state index contributed by atoms with van der Waals surface area (Å²) in [5.74, 6) is 0. The maximum Gasteiger partial charge on any atom is 0.00299 e. The predicted molar refractivity (Wildman–Crippen MR) is 44.4 cm³/mol. The van der Waals surface area contributed by atoms with Crippen molar-refractivity contribution in [2.45, 2.75) is 20.3 Å². The summed E-state index contributed by atoms with van der Waals surface area (Å²) in [4.78, 5) is 0. The molecule has 0 heterocycles. The first-order valence-corrected chi connectivity index (χ1v) is 3.13. The molecule has 54 valence electrons. The van der Waals surface area contributed by atoms with Crippen LogP contribution in [-0.4, -0.2) is 7.05 Å². The number of allylic oxidation sites excluding steroid dienone is 2. The Balaban J connectivity index is 0. The van der Waals surface area contributed by atoms with Crippen molar-refractivity contribution in [2.24, 2.45) is 0 Å². The molecular weight excluding hydrogens is 110 g/mol. The van der Waals surface area contributed by atoms with E-state index in [0.29, 0.717) is 0 Å². The molecule has 1 N–H and O–H groups in total. The molecule has 0 aliphatic carbocycles. The van der Waals surface area contributed by atoms with E-state index >= 15 is 0 Å². The first-order chi connectivity index (χ1) is 4.18. The van der Waals surface area contributed by atoms with Crippen LogP contribution in [0.25, 0.3) is 0 Å². The van der Waals surface area contributed by atoms with Crippen LogP contribution in [0.15, 0.2) is 24.9 Å². The zero-order chi connectivity index (χ0) is 7.70. The Labute approximate surface area is 58.5 Å². The number of hydrogen-bond donors (Lipinski definition) is 1. The Morgan fingerprint density at radius 3 is 1.89 bits per heavy atom. The summed E-state index contributed by atoms with van der Waals surface area (Å²) < 4.78 is 0. The van der Waals surface area contributed by atoms with E-state index in [-0.39, 0.29) is 0 Å². The van der Waals surface area contributed by atoms with Crippen molar-refractivity contribution in [3.05, 3.63) is 24.9 Å². The van der Waals surface area contributed by atoms with Gasteiger partial charge in [0.25, 0.3) is 0 Å². The standard InChI is InChI=1S/C4H9N.C4H8/c1-4(2)5-3;1-3-4-2/h5H,1H2,2-3H3;3H,1,4H2,2H3. The topological polar surface area (TPSA) is 12.0 Å². The normalized spacial score (nSPS) is 6.56. The number of hydrogen-bond acceptors (Lipinski definition) is 1. The molecule has 0 fully saturated rings. The number of rotatable bonds is 2. The SMILES string of the molecule is C=C(C)NC.C=CCC. The van der Waals surface area contributed by atoms with E-state index in [4.69, 9.17) is 0 Å². The molecule has 0 aliphatic heterocycles. The third kappa shape index (κ3) is 39.0. The van der Waals surface area contributed by atoms with Crippen LogP contribution in [0, 0.1) is 0 Å². The molecule has 0 spiro atoms. The summed E-state index contributed by atoms with van der Waals surface area (Å²) in [6.45, 7) is 11.0. The lowest BCUT2D eigenvalue weighted by atomic mass is 10.5. The first-order valence-electron chi connectivity index (χ1n) is 3.13. The van der Waals surface area contributed by atoms with Gasteiger partial charge in [-0.15, -0.1) is 6.58 Å². The molecule has 0 bridgehead atoms. The number of nitrogens with one attached hydrogen (secondary N) is 1. The highest BCUT2D eigenvalue weighted by Crippen LogP contribution is 1.68. The molecule has 1 heteroatoms. The van der Waals surface area contributed by atoms with Gasteiger partial charge >= 0.3 is 0 Å². The van der Waals surface area contributed by atoms with Gasteiger partial charge < -0.3 is 5.32 Å². The van der Waals surface area contributed by atoms with Gasteiger partial charge in [0.15, 0.2) is 0 Å². The molecular formula is C8H17N. The lowest BCUT2D eigenvalue weighted by Gasteiger charge is -1.87. The maximum absolute atomic E-state index is 3.56. The highest BCUT2D eigenvalue weighted by molar-refractivity contribution is 4.80. The molecule has 0 saturated heterocycles. The highest BCUT2D eigenvalue weighted by Gasteiger charge is 1.62. The zero-order valence-corrected chi connectivity index (χ0v) is 6.70. The molecule has 0 saturated carbocycles. The fraction of sp³-hybridized carbons (Fsp3) is 0.500. The van der Waals surface area contributed by atoms with Crippen molar-refractivity contribution in [2.75, 3.05) is 7.05 Å². The molecule has 0 aromatic rings. The Morgan fingerprint density at radius 2 is 1.89 bits per heavy atom. The van der Waals surface area contributed by atoms with Gasteiger partial charge in [-0.25, -0.2) is 0 Å². The van der Waals surface area contributed by atoms with Gasteiger partial charge in [0.2, 0.25) is 0 Å². The molecule has 0 rings (SSSR count). The van der Waals surface area contributed by atoms with Crippen LogP contribution in [0.4, 0.5) is 0 Å². The molecule has 0 amide bonds. The average molecular weight is 127 g/mol. The van der Waals surface area contributed by atoms with Crippen LogP contribution in [0.1, 0.15) is 20.3 Å². The summed E-state index contributed by atoms with van der Waals surface area (Å²) in [6, 6.07) is 0. The van der Waals surface area contributed by atoms with E-state index in [1.54, 1.807) is 0 Å². The summed E-state index contributed by atoms with van der Waals surface area (Å²) in [5, 5.41) is 2.83. The summed E-state index contributed by atoms with van der Waals surface area (Å²) in [7, 11) is 1.85. The Morgan fingerprint density at radius 1 is 1.67 bits per heavy atom. The van der Waals surface area contributed by atoms with Gasteiger partial charge in [0, 0.05) is 7.05 Å². The molecule has 1 nitrogen and oxygen atoms in total. The molecule has 0 unspecified atom stereocenters. The van der Waals surface area contributed by atoms with Crippen LogP contribution < -0.4 is 5.32 Å². The van der Waals surface area contributed by atoms with Crippen LogP contribution in [0.5, 0.6) is 0 Å². The van der Waals surface area contributed by atoms with Crippen molar-refractivity contribution < 1.29 is 0 Å². The molecule has 0 atom stereocenters. The monoisotopic (exact) mass is 127 g/mol. The third-order valence-electron chi connectivity index (χ3n) is 0.715. The second-order valence-electron chi connectivity index (χ2n) is 1.73. The lowest BCUT2D eigenvalue weighted by Crippen LogP contribution is -1.98. The van der Waals surface area contributed by atoms with E-state index in [2.05, 4.69) is 25.4 Å². The van der Waals surface area contributed by atoms with Crippen molar-refractivity contribution in [1.82, 2.24) is 5.32 Å². The Bertz CT molecular complexity index is 74.6. The maximum atomic E-state index is 3.56. The Hall–Kier alpha value is -0.720. The first kappa shape index (κ1) is 11.1. The van der Waals surface area contributed by atoms with Crippen LogP contribution in [-0.2, 0) is 0 Å². The van der Waals surface area contributed by atoms with E-state index in [1.165, 1.54) is 0 Å². The van der Waals surface area contributed by atoms with Crippen molar-refractivity contribution in [3.8, 4) is 0 Å². The van der Waals surface area contributed by atoms with Crippen molar-refractivity contribution >= 4 is 0 Å². The van der Waals surface area contributed by atoms with Crippen LogP contribution in [0.2, 0.25) is 0 Å². The van der Waals surface area contributed by atoms with Gasteiger partial charge in [-0.05, 0) is 19.0 Å². The van der Waals surface area contributed by atoms with E-state index in [1.807, 2.05) is 20.0 Å². The molecule has 9 heavy (non-hydrogen) atoms. The minimum atomic E-state index is 1.00. The Kier molecular flexibility index (Phi) is 12.7. The zero-order valence-electron chi connectivity index (χ0n) is 6.70. The van der Waals surface area contributed by atoms with Crippen molar-refractivity contribution in [1.29, 1.82) is 0 Å². The van der Waals surface area contributed by atoms with Gasteiger partial charge in [0.05, 0.1) is 0 Å². The minimum absolute atomic E-state index is 1.00. The average Bonchev–Trinajstić information content (AvgIpc) is 1.89. The lowest BCUT2D eigenvalue weighted by molar-refractivity contribution is 0.999. The van der Waals surface area contributed by atoms with Crippen LogP contribution >= 0.6 is 0 Å². The fourth-order valence-corrected chi connectivity index (χ4v) is 0. The smallest absolute Gasteiger partial charge is 0.00299 e. The molecule has 0 aliphatic rings. The van der Waals surface area contributed by atoms with Gasteiger partial charge in [-0.1, -0.05) is 19.6 Å². The quantitative estimate of drug-likeness (QED) is 0.561. The van der Waals surface area contributed by atoms with E-state index in [9.17, 15) is 0 Å². The van der Waals surface area contributed by atoms with Crippen molar-refractivity contribution in [3.63, 3.8) is 0 Å².